The molecule has 0 saturated carbocycles. The molecule has 0 aliphatic rings. The van der Waals surface area contributed by atoms with E-state index in [1.54, 1.807) is 31.2 Å². The van der Waals surface area contributed by atoms with E-state index >= 15 is 0 Å². The number of rotatable bonds is 7. The standard InChI is InChI=1S/C20H19N3O3S/c1-13(24)16-10-6-7-11-17(16)21-19(25)14(2)27-20-23-22-18(26-20)12-15-8-4-3-5-9-15/h3-11,14H,12H2,1-2H3,(H,21,25)/t14-/m0/s1. The van der Waals surface area contributed by atoms with Gasteiger partial charge in [-0.1, -0.05) is 54.2 Å². The maximum absolute atomic E-state index is 12.5. The molecule has 1 aromatic heterocycles. The van der Waals surface area contributed by atoms with Crippen LogP contribution in [0.3, 0.4) is 0 Å². The number of benzene rings is 2. The number of carbonyl (C=O) groups excluding carboxylic acids is 2. The third-order valence-electron chi connectivity index (χ3n) is 3.86. The number of para-hydroxylation sites is 1. The molecule has 0 radical (unpaired) electrons. The van der Waals surface area contributed by atoms with Crippen molar-refractivity contribution in [3.63, 3.8) is 0 Å². The summed E-state index contributed by atoms with van der Waals surface area (Å²) in [6.07, 6.45) is 0.543. The molecule has 0 bridgehead atoms. The van der Waals surface area contributed by atoms with Crippen molar-refractivity contribution >= 4 is 29.1 Å². The van der Waals surface area contributed by atoms with Crippen molar-refractivity contribution in [1.29, 1.82) is 0 Å². The van der Waals surface area contributed by atoms with Crippen LogP contribution in [0, 0.1) is 0 Å². The zero-order chi connectivity index (χ0) is 19.2. The monoisotopic (exact) mass is 381 g/mol. The molecular formula is C20H19N3O3S. The van der Waals surface area contributed by atoms with Crippen LogP contribution in [0.15, 0.2) is 64.2 Å². The molecule has 1 N–H and O–H groups in total. The summed E-state index contributed by atoms with van der Waals surface area (Å²) in [5, 5.41) is 10.7. The van der Waals surface area contributed by atoms with Crippen LogP contribution in [-0.4, -0.2) is 27.1 Å². The molecule has 0 fully saturated rings. The van der Waals surface area contributed by atoms with E-state index in [0.29, 0.717) is 28.8 Å². The molecule has 0 aliphatic carbocycles. The van der Waals surface area contributed by atoms with Crippen molar-refractivity contribution in [1.82, 2.24) is 10.2 Å². The average molecular weight is 381 g/mol. The smallest absolute Gasteiger partial charge is 0.277 e. The van der Waals surface area contributed by atoms with Gasteiger partial charge in [0.05, 0.1) is 17.4 Å². The summed E-state index contributed by atoms with van der Waals surface area (Å²) in [6, 6.07) is 16.7. The summed E-state index contributed by atoms with van der Waals surface area (Å²) < 4.78 is 5.63. The Bertz CT molecular complexity index is 940. The molecule has 0 aliphatic heterocycles. The fraction of sp³-hybridized carbons (Fsp3) is 0.200. The van der Waals surface area contributed by atoms with Crippen molar-refractivity contribution < 1.29 is 14.0 Å². The number of ketones is 1. The highest BCUT2D eigenvalue weighted by Gasteiger charge is 2.20. The van der Waals surface area contributed by atoms with Crippen molar-refractivity contribution in [2.75, 3.05) is 5.32 Å². The molecule has 2 aromatic carbocycles. The highest BCUT2D eigenvalue weighted by molar-refractivity contribution is 8.00. The van der Waals surface area contributed by atoms with Gasteiger partial charge in [-0.25, -0.2) is 0 Å². The Kier molecular flexibility index (Phi) is 6.03. The highest BCUT2D eigenvalue weighted by atomic mass is 32.2. The number of Topliss-reactive ketones (excluding diaryl/α,β-unsaturated/α-hetero) is 1. The van der Waals surface area contributed by atoms with Crippen LogP contribution in [0.2, 0.25) is 0 Å². The highest BCUT2D eigenvalue weighted by Crippen LogP contribution is 2.24. The Morgan fingerprint density at radius 2 is 1.78 bits per heavy atom. The second-order valence-electron chi connectivity index (χ2n) is 5.98. The summed E-state index contributed by atoms with van der Waals surface area (Å²) in [4.78, 5) is 24.1. The van der Waals surface area contributed by atoms with Gasteiger partial charge >= 0.3 is 0 Å². The van der Waals surface area contributed by atoms with Gasteiger partial charge < -0.3 is 9.73 Å². The van der Waals surface area contributed by atoms with E-state index in [1.165, 1.54) is 18.7 Å². The molecule has 7 heteroatoms. The first-order chi connectivity index (χ1) is 13.0. The van der Waals surface area contributed by atoms with Crippen molar-refractivity contribution in [3.05, 3.63) is 71.6 Å². The Hall–Kier alpha value is -2.93. The predicted octanol–water partition coefficient (Wildman–Crippen LogP) is 3.98. The number of thioether (sulfide) groups is 1. The number of hydrogen-bond acceptors (Lipinski definition) is 6. The minimum atomic E-state index is -0.463. The van der Waals surface area contributed by atoms with Crippen LogP contribution in [-0.2, 0) is 11.2 Å². The van der Waals surface area contributed by atoms with Crippen LogP contribution in [0.25, 0.3) is 0 Å². The SMILES string of the molecule is CC(=O)c1ccccc1NC(=O)[C@H](C)Sc1nnc(Cc2ccccc2)o1. The Labute approximate surface area is 161 Å². The van der Waals surface area contributed by atoms with Gasteiger partial charge in [0.25, 0.3) is 5.22 Å². The van der Waals surface area contributed by atoms with E-state index in [1.807, 2.05) is 30.3 Å². The molecule has 0 spiro atoms. The largest absolute Gasteiger partial charge is 0.416 e. The molecule has 1 heterocycles. The fourth-order valence-electron chi connectivity index (χ4n) is 2.47. The lowest BCUT2D eigenvalue weighted by Crippen LogP contribution is -2.23. The molecule has 138 valence electrons. The summed E-state index contributed by atoms with van der Waals surface area (Å²) in [5.41, 5.74) is 2.05. The topological polar surface area (TPSA) is 85.1 Å². The Balaban J connectivity index is 1.61. The molecule has 0 unspecified atom stereocenters. The third kappa shape index (κ3) is 5.04. The predicted molar refractivity (Wildman–Crippen MR) is 104 cm³/mol. The molecule has 3 aromatic rings. The number of nitrogens with zero attached hydrogens (tertiary/aromatic N) is 2. The van der Waals surface area contributed by atoms with Gasteiger partial charge in [0, 0.05) is 5.56 Å². The second kappa shape index (κ2) is 8.64. The lowest BCUT2D eigenvalue weighted by Gasteiger charge is -2.12. The summed E-state index contributed by atoms with van der Waals surface area (Å²) in [6.45, 7) is 3.22. The van der Waals surface area contributed by atoms with Crippen LogP contribution in [0.4, 0.5) is 5.69 Å². The number of nitrogens with one attached hydrogen (secondary N) is 1. The molecule has 1 amide bonds. The quantitative estimate of drug-likeness (QED) is 0.492. The van der Waals surface area contributed by atoms with E-state index in [-0.39, 0.29) is 11.7 Å². The molecule has 1 atom stereocenters. The normalized spacial score (nSPS) is 11.8. The first kappa shape index (κ1) is 18.8. The van der Waals surface area contributed by atoms with Gasteiger partial charge in [0.2, 0.25) is 11.8 Å². The lowest BCUT2D eigenvalue weighted by molar-refractivity contribution is -0.115. The first-order valence-electron chi connectivity index (χ1n) is 8.46. The Morgan fingerprint density at radius 1 is 1.07 bits per heavy atom. The molecule has 0 saturated heterocycles. The van der Waals surface area contributed by atoms with Gasteiger partial charge in [0.1, 0.15) is 0 Å². The van der Waals surface area contributed by atoms with E-state index in [2.05, 4.69) is 15.5 Å². The van der Waals surface area contributed by atoms with Gasteiger partial charge in [-0.15, -0.1) is 10.2 Å². The number of amides is 1. The van der Waals surface area contributed by atoms with Crippen LogP contribution in [0.5, 0.6) is 0 Å². The number of anilines is 1. The number of carbonyl (C=O) groups is 2. The number of hydrogen-bond donors (Lipinski definition) is 1. The number of aromatic nitrogens is 2. The molecule has 3 rings (SSSR count). The van der Waals surface area contributed by atoms with E-state index in [9.17, 15) is 9.59 Å². The van der Waals surface area contributed by atoms with E-state index in [0.717, 1.165) is 5.56 Å². The zero-order valence-corrected chi connectivity index (χ0v) is 15.8. The summed E-state index contributed by atoms with van der Waals surface area (Å²) in [5.74, 6) is 0.156. The summed E-state index contributed by atoms with van der Waals surface area (Å²) in [7, 11) is 0. The van der Waals surface area contributed by atoms with Gasteiger partial charge in [-0.2, -0.15) is 0 Å². The van der Waals surface area contributed by atoms with Gasteiger partial charge in [0.15, 0.2) is 5.78 Å². The van der Waals surface area contributed by atoms with E-state index < -0.39 is 5.25 Å². The van der Waals surface area contributed by atoms with Crippen LogP contribution >= 0.6 is 11.8 Å². The van der Waals surface area contributed by atoms with Crippen LogP contribution < -0.4 is 5.32 Å². The van der Waals surface area contributed by atoms with E-state index in [4.69, 9.17) is 4.42 Å². The van der Waals surface area contributed by atoms with Crippen molar-refractivity contribution in [3.8, 4) is 0 Å². The maximum Gasteiger partial charge on any atom is 0.277 e. The minimum Gasteiger partial charge on any atom is -0.416 e. The van der Waals surface area contributed by atoms with Gasteiger partial charge in [-0.3, -0.25) is 9.59 Å². The molecular weight excluding hydrogens is 362 g/mol. The first-order valence-corrected chi connectivity index (χ1v) is 9.34. The zero-order valence-electron chi connectivity index (χ0n) is 15.0. The van der Waals surface area contributed by atoms with Crippen LogP contribution in [0.1, 0.15) is 35.7 Å². The second-order valence-corrected chi connectivity index (χ2v) is 7.27. The summed E-state index contributed by atoms with van der Waals surface area (Å²) >= 11 is 1.18. The van der Waals surface area contributed by atoms with Crippen molar-refractivity contribution in [2.45, 2.75) is 30.7 Å². The van der Waals surface area contributed by atoms with Gasteiger partial charge in [-0.05, 0) is 31.5 Å². The third-order valence-corrected chi connectivity index (χ3v) is 4.79. The lowest BCUT2D eigenvalue weighted by atomic mass is 10.1. The maximum atomic E-state index is 12.5. The Morgan fingerprint density at radius 3 is 2.52 bits per heavy atom. The molecule has 6 nitrogen and oxygen atoms in total. The molecule has 27 heavy (non-hydrogen) atoms. The average Bonchev–Trinajstić information content (AvgIpc) is 3.09. The van der Waals surface area contributed by atoms with Crippen molar-refractivity contribution in [2.24, 2.45) is 0 Å². The fourth-order valence-corrected chi connectivity index (χ4v) is 3.17. The minimum absolute atomic E-state index is 0.103.